The maximum atomic E-state index is 13.7. The second-order valence-electron chi connectivity index (χ2n) is 3.51. The van der Waals surface area contributed by atoms with Gasteiger partial charge < -0.3 is 24.3 Å². The first kappa shape index (κ1) is 12.5. The summed E-state index contributed by atoms with van der Waals surface area (Å²) in [4.78, 5) is 11.0. The zero-order valence-electron chi connectivity index (χ0n) is 9.47. The number of carboxylic acid groups (broad SMARTS) is 1. The third-order valence-electron chi connectivity index (χ3n) is 2.29. The highest BCUT2D eigenvalue weighted by Gasteiger charge is 2.34. The van der Waals surface area contributed by atoms with E-state index in [0.29, 0.717) is 0 Å². The van der Waals surface area contributed by atoms with Gasteiger partial charge in [0.15, 0.2) is 11.5 Å². The molecule has 1 aromatic rings. The van der Waals surface area contributed by atoms with E-state index in [4.69, 9.17) is 19.2 Å². The normalized spacial score (nSPS) is 13.4. The Morgan fingerprint density at radius 3 is 2.94 bits per heavy atom. The predicted molar refractivity (Wildman–Crippen MR) is 58.6 cm³/mol. The van der Waals surface area contributed by atoms with Crippen LogP contribution in [0.3, 0.4) is 0 Å². The summed E-state index contributed by atoms with van der Waals surface area (Å²) in [5.74, 6) is -2.85. The third-order valence-corrected chi connectivity index (χ3v) is 2.29. The van der Waals surface area contributed by atoms with Gasteiger partial charge in [-0.05, 0) is 6.92 Å². The summed E-state index contributed by atoms with van der Waals surface area (Å²) in [5, 5.41) is 18.2. The topological polar surface area (TPSA) is 85.2 Å². The summed E-state index contributed by atoms with van der Waals surface area (Å²) in [5.41, 5.74) is -0.688. The Kier molecular flexibility index (Phi) is 3.29. The van der Waals surface area contributed by atoms with E-state index in [0.717, 1.165) is 6.07 Å². The van der Waals surface area contributed by atoms with Crippen LogP contribution in [0.2, 0.25) is 0 Å². The van der Waals surface area contributed by atoms with Gasteiger partial charge in [-0.25, -0.2) is 9.18 Å². The first-order valence-electron chi connectivity index (χ1n) is 5.24. The fourth-order valence-electron chi connectivity index (χ4n) is 1.62. The Labute approximate surface area is 102 Å². The lowest BCUT2D eigenvalue weighted by Crippen LogP contribution is -2.35. The molecule has 2 N–H and O–H groups in total. The van der Waals surface area contributed by atoms with Gasteiger partial charge in [-0.3, -0.25) is 0 Å². The summed E-state index contributed by atoms with van der Waals surface area (Å²) in [6, 6.07) is 0.923. The molecule has 0 aromatic heterocycles. The van der Waals surface area contributed by atoms with E-state index in [1.165, 1.54) is 0 Å². The molecule has 8 heteroatoms. The van der Waals surface area contributed by atoms with Crippen molar-refractivity contribution in [3.8, 4) is 17.2 Å². The van der Waals surface area contributed by atoms with Gasteiger partial charge in [-0.2, -0.15) is 0 Å². The molecule has 1 heterocycles. The molecule has 0 amide bonds. The van der Waals surface area contributed by atoms with Crippen LogP contribution >= 0.6 is 0 Å². The van der Waals surface area contributed by atoms with Gasteiger partial charge in [0, 0.05) is 6.07 Å². The minimum Gasteiger partial charge on any atom is -0.531 e. The van der Waals surface area contributed by atoms with Crippen LogP contribution in [0.25, 0.3) is 0 Å². The molecular formula is C10H10BFO6. The van der Waals surface area contributed by atoms with Crippen LogP contribution in [-0.4, -0.2) is 36.3 Å². The average molecular weight is 256 g/mol. The largest absolute Gasteiger partial charge is 0.563 e. The summed E-state index contributed by atoms with van der Waals surface area (Å²) in [7, 11) is -1.34. The Bertz CT molecular complexity index is 492. The highest BCUT2D eigenvalue weighted by molar-refractivity contribution is 6.44. The highest BCUT2D eigenvalue weighted by Crippen LogP contribution is 2.43. The van der Waals surface area contributed by atoms with E-state index in [1.807, 2.05) is 0 Å². The van der Waals surface area contributed by atoms with Crippen molar-refractivity contribution in [3.05, 3.63) is 17.4 Å². The maximum absolute atomic E-state index is 13.7. The van der Waals surface area contributed by atoms with E-state index in [1.54, 1.807) is 6.92 Å². The Morgan fingerprint density at radius 1 is 1.61 bits per heavy atom. The summed E-state index contributed by atoms with van der Waals surface area (Å²) in [6.45, 7) is 1.76. The molecule has 0 radical (unpaired) electrons. The van der Waals surface area contributed by atoms with Crippen LogP contribution < -0.4 is 14.1 Å². The quantitative estimate of drug-likeness (QED) is 0.775. The Hall–Kier alpha value is -1.96. The number of ether oxygens (including phenoxy) is 2. The molecule has 0 aliphatic carbocycles. The van der Waals surface area contributed by atoms with Crippen molar-refractivity contribution in [2.24, 2.45) is 0 Å². The first-order valence-corrected chi connectivity index (χ1v) is 5.24. The Balaban J connectivity index is 2.61. The van der Waals surface area contributed by atoms with E-state index in [-0.39, 0.29) is 30.4 Å². The van der Waals surface area contributed by atoms with Gasteiger partial charge in [-0.1, -0.05) is 0 Å². The number of hydrogen-bond acceptors (Lipinski definition) is 5. The second-order valence-corrected chi connectivity index (χ2v) is 3.51. The molecule has 96 valence electrons. The lowest BCUT2D eigenvalue weighted by atomic mass is 9.91. The van der Waals surface area contributed by atoms with Gasteiger partial charge in [0.05, 0.1) is 6.61 Å². The number of halogens is 1. The number of carboxylic acids is 1. The highest BCUT2D eigenvalue weighted by atomic mass is 19.1. The molecule has 0 saturated carbocycles. The fourth-order valence-corrected chi connectivity index (χ4v) is 1.62. The van der Waals surface area contributed by atoms with Crippen LogP contribution in [0.4, 0.5) is 4.39 Å². The predicted octanol–water partition coefficient (Wildman–Crippen LogP) is 0.713. The standard InChI is InChI=1S/C10H10BFO6/c1-2-16-6-3-5(12)7(10(13)14)9-8(6)17-4-11(15)18-9/h3,15H,2,4H2,1H3,(H,13,14). The molecule has 1 aliphatic rings. The molecule has 0 atom stereocenters. The van der Waals surface area contributed by atoms with Crippen molar-refractivity contribution in [3.63, 3.8) is 0 Å². The molecule has 0 spiro atoms. The van der Waals surface area contributed by atoms with Crippen molar-refractivity contribution in [1.82, 2.24) is 0 Å². The van der Waals surface area contributed by atoms with Crippen LogP contribution in [0.5, 0.6) is 17.2 Å². The van der Waals surface area contributed by atoms with Gasteiger partial charge in [0.25, 0.3) is 0 Å². The van der Waals surface area contributed by atoms with Gasteiger partial charge in [0.1, 0.15) is 17.9 Å². The van der Waals surface area contributed by atoms with Crippen molar-refractivity contribution < 1.29 is 33.4 Å². The number of hydrogen-bond donors (Lipinski definition) is 2. The zero-order chi connectivity index (χ0) is 13.3. The summed E-state index contributed by atoms with van der Waals surface area (Å²) < 4.78 is 28.9. The number of benzene rings is 1. The van der Waals surface area contributed by atoms with Crippen LogP contribution in [0.15, 0.2) is 6.07 Å². The van der Waals surface area contributed by atoms with Crippen LogP contribution in [0, 0.1) is 5.82 Å². The van der Waals surface area contributed by atoms with E-state index in [2.05, 4.69) is 0 Å². The fraction of sp³-hybridized carbons (Fsp3) is 0.300. The van der Waals surface area contributed by atoms with Gasteiger partial charge in [-0.15, -0.1) is 0 Å². The van der Waals surface area contributed by atoms with Crippen molar-refractivity contribution in [2.75, 3.05) is 13.1 Å². The number of aromatic carboxylic acids is 1. The lowest BCUT2D eigenvalue weighted by molar-refractivity contribution is 0.0687. The smallest absolute Gasteiger partial charge is 0.531 e. The van der Waals surface area contributed by atoms with Gasteiger partial charge in [0.2, 0.25) is 5.75 Å². The molecule has 18 heavy (non-hydrogen) atoms. The Morgan fingerprint density at radius 2 is 2.33 bits per heavy atom. The van der Waals surface area contributed by atoms with Crippen molar-refractivity contribution in [2.45, 2.75) is 6.92 Å². The maximum Gasteiger partial charge on any atom is 0.563 e. The average Bonchev–Trinajstić information content (AvgIpc) is 2.28. The lowest BCUT2D eigenvalue weighted by Gasteiger charge is -2.24. The molecule has 2 rings (SSSR count). The molecule has 1 aromatic carbocycles. The van der Waals surface area contributed by atoms with Crippen molar-refractivity contribution >= 4 is 13.1 Å². The molecule has 1 aliphatic heterocycles. The molecular weight excluding hydrogens is 246 g/mol. The summed E-state index contributed by atoms with van der Waals surface area (Å²) >= 11 is 0. The monoisotopic (exact) mass is 256 g/mol. The molecule has 6 nitrogen and oxygen atoms in total. The number of rotatable bonds is 3. The van der Waals surface area contributed by atoms with Crippen LogP contribution in [0.1, 0.15) is 17.3 Å². The molecule has 0 bridgehead atoms. The minimum absolute atomic E-state index is 0.0130. The molecule has 0 unspecified atom stereocenters. The third kappa shape index (κ3) is 2.06. The first-order chi connectivity index (χ1) is 8.54. The number of carbonyl (C=O) groups is 1. The van der Waals surface area contributed by atoms with E-state index in [9.17, 15) is 14.2 Å². The molecule has 0 fully saturated rings. The van der Waals surface area contributed by atoms with Gasteiger partial charge >= 0.3 is 13.1 Å². The molecule has 0 saturated heterocycles. The minimum atomic E-state index is -1.51. The van der Waals surface area contributed by atoms with E-state index < -0.39 is 24.5 Å². The zero-order valence-corrected chi connectivity index (χ0v) is 9.47. The second kappa shape index (κ2) is 4.73. The van der Waals surface area contributed by atoms with E-state index >= 15 is 0 Å². The van der Waals surface area contributed by atoms with Crippen LogP contribution in [-0.2, 0) is 0 Å². The van der Waals surface area contributed by atoms with Crippen molar-refractivity contribution in [1.29, 1.82) is 0 Å². The summed E-state index contributed by atoms with van der Waals surface area (Å²) in [6.07, 6.45) is 0. The SMILES string of the molecule is CCOc1cc(F)c(C(=O)O)c2c1OCB(O)O2. The number of fused-ring (bicyclic) bond motifs is 1.